The molecule has 4 nitrogen and oxygen atoms in total. The van der Waals surface area contributed by atoms with Gasteiger partial charge in [-0.05, 0) is 26.7 Å². The van der Waals surface area contributed by atoms with Crippen molar-refractivity contribution in [2.24, 2.45) is 10.8 Å². The number of guanidine groups is 1. The first-order chi connectivity index (χ1) is 6.11. The highest BCUT2D eigenvalue weighted by Gasteiger charge is 2.19. The fourth-order valence-electron chi connectivity index (χ4n) is 0.992. The van der Waals surface area contributed by atoms with E-state index in [4.69, 9.17) is 5.84 Å². The van der Waals surface area contributed by atoms with Crippen LogP contribution in [0.1, 0.15) is 40.5 Å². The van der Waals surface area contributed by atoms with Gasteiger partial charge in [0, 0.05) is 12.1 Å². The Morgan fingerprint density at radius 1 is 1.31 bits per heavy atom. The molecule has 0 aliphatic carbocycles. The second-order valence-electron chi connectivity index (χ2n) is 3.36. The molecular formula is C9H22N4. The minimum atomic E-state index is 0.0837. The Balaban J connectivity index is 4.28. The number of nitrogens with one attached hydrogen (secondary N) is 2. The summed E-state index contributed by atoms with van der Waals surface area (Å²) in [4.78, 5) is 4.19. The summed E-state index contributed by atoms with van der Waals surface area (Å²) in [5.41, 5.74) is 2.65. The van der Waals surface area contributed by atoms with Crippen LogP contribution in [0.4, 0.5) is 0 Å². The number of aliphatic imine (C=N–C) groups is 1. The Labute approximate surface area is 81.0 Å². The Kier molecular flexibility index (Phi) is 5.46. The molecule has 0 fully saturated rings. The van der Waals surface area contributed by atoms with Crippen molar-refractivity contribution in [3.05, 3.63) is 0 Å². The van der Waals surface area contributed by atoms with E-state index in [0.29, 0.717) is 5.96 Å². The predicted octanol–water partition coefficient (Wildman–Crippen LogP) is 0.994. The molecular weight excluding hydrogens is 164 g/mol. The monoisotopic (exact) mass is 186 g/mol. The number of hydrazine groups is 1. The highest BCUT2D eigenvalue weighted by Crippen LogP contribution is 2.12. The standard InChI is InChI=1S/C9H22N4/c1-5-9(4,6-2)12-8(13-10)11-7-3/h5-7,10H2,1-4H3,(H2,11,12,13). The van der Waals surface area contributed by atoms with Crippen molar-refractivity contribution in [3.63, 3.8) is 0 Å². The van der Waals surface area contributed by atoms with Gasteiger partial charge in [0.1, 0.15) is 0 Å². The van der Waals surface area contributed by atoms with Crippen molar-refractivity contribution in [1.82, 2.24) is 10.7 Å². The first-order valence-electron chi connectivity index (χ1n) is 4.91. The van der Waals surface area contributed by atoms with E-state index >= 15 is 0 Å². The molecule has 0 rings (SSSR count). The third-order valence-corrected chi connectivity index (χ3v) is 2.43. The molecule has 13 heavy (non-hydrogen) atoms. The van der Waals surface area contributed by atoms with Crippen molar-refractivity contribution < 1.29 is 0 Å². The Hall–Kier alpha value is -0.770. The highest BCUT2D eigenvalue weighted by atomic mass is 15.3. The van der Waals surface area contributed by atoms with Crippen molar-refractivity contribution >= 4 is 5.96 Å². The van der Waals surface area contributed by atoms with Crippen molar-refractivity contribution in [2.45, 2.75) is 46.1 Å². The molecule has 0 aliphatic heterocycles. The fourth-order valence-corrected chi connectivity index (χ4v) is 0.992. The molecule has 0 saturated heterocycles. The van der Waals surface area contributed by atoms with Crippen molar-refractivity contribution in [1.29, 1.82) is 0 Å². The number of hydrogen-bond acceptors (Lipinski definition) is 2. The van der Waals surface area contributed by atoms with Gasteiger partial charge in [0.2, 0.25) is 5.96 Å². The molecule has 0 heterocycles. The molecule has 0 atom stereocenters. The number of hydrogen-bond donors (Lipinski definition) is 3. The molecule has 0 unspecified atom stereocenters. The maximum atomic E-state index is 5.33. The Bertz CT molecular complexity index is 161. The van der Waals surface area contributed by atoms with Gasteiger partial charge >= 0.3 is 0 Å². The van der Waals surface area contributed by atoms with E-state index in [9.17, 15) is 0 Å². The minimum absolute atomic E-state index is 0.0837. The Morgan fingerprint density at radius 2 is 1.85 bits per heavy atom. The van der Waals surface area contributed by atoms with Gasteiger partial charge in [-0.1, -0.05) is 13.8 Å². The summed E-state index contributed by atoms with van der Waals surface area (Å²) in [5, 5.41) is 3.29. The minimum Gasteiger partial charge on any atom is -0.350 e. The Morgan fingerprint density at radius 3 is 2.15 bits per heavy atom. The van der Waals surface area contributed by atoms with Crippen LogP contribution in [0, 0.1) is 0 Å². The lowest BCUT2D eigenvalue weighted by molar-refractivity contribution is 0.384. The van der Waals surface area contributed by atoms with E-state index in [0.717, 1.165) is 19.4 Å². The first kappa shape index (κ1) is 12.2. The zero-order valence-electron chi connectivity index (χ0n) is 9.15. The number of nitrogens with zero attached hydrogens (tertiary/aromatic N) is 1. The summed E-state index contributed by atoms with van der Waals surface area (Å²) < 4.78 is 0. The van der Waals surface area contributed by atoms with Gasteiger partial charge in [0.05, 0.1) is 0 Å². The van der Waals surface area contributed by atoms with E-state index in [-0.39, 0.29) is 5.54 Å². The lowest BCUT2D eigenvalue weighted by Crippen LogP contribution is -2.52. The first-order valence-corrected chi connectivity index (χ1v) is 4.91. The maximum absolute atomic E-state index is 5.33. The molecule has 4 heteroatoms. The van der Waals surface area contributed by atoms with Gasteiger partial charge in [0.15, 0.2) is 0 Å². The predicted molar refractivity (Wildman–Crippen MR) is 57.4 cm³/mol. The number of nitrogens with two attached hydrogens (primary N) is 1. The van der Waals surface area contributed by atoms with E-state index in [1.165, 1.54) is 0 Å². The normalized spacial score (nSPS) is 12.8. The zero-order chi connectivity index (χ0) is 10.3. The summed E-state index contributed by atoms with van der Waals surface area (Å²) >= 11 is 0. The largest absolute Gasteiger partial charge is 0.350 e. The smallest absolute Gasteiger partial charge is 0.206 e. The molecule has 78 valence electrons. The lowest BCUT2D eigenvalue weighted by atomic mass is 9.96. The van der Waals surface area contributed by atoms with Crippen LogP contribution in [0.5, 0.6) is 0 Å². The second kappa shape index (κ2) is 5.80. The van der Waals surface area contributed by atoms with Crippen molar-refractivity contribution in [2.75, 3.05) is 6.54 Å². The van der Waals surface area contributed by atoms with E-state index in [2.05, 4.69) is 36.5 Å². The molecule has 0 aromatic rings. The zero-order valence-corrected chi connectivity index (χ0v) is 9.15. The van der Waals surface area contributed by atoms with Gasteiger partial charge in [-0.25, -0.2) is 5.84 Å². The lowest BCUT2D eigenvalue weighted by Gasteiger charge is -2.29. The summed E-state index contributed by atoms with van der Waals surface area (Å²) in [6, 6.07) is 0. The van der Waals surface area contributed by atoms with Gasteiger partial charge in [-0.15, -0.1) is 0 Å². The summed E-state index contributed by atoms with van der Waals surface area (Å²) in [7, 11) is 0. The van der Waals surface area contributed by atoms with Crippen molar-refractivity contribution in [3.8, 4) is 0 Å². The van der Waals surface area contributed by atoms with Crippen LogP contribution in [-0.2, 0) is 0 Å². The van der Waals surface area contributed by atoms with Gasteiger partial charge in [-0.2, -0.15) is 0 Å². The van der Waals surface area contributed by atoms with Crippen LogP contribution in [0.25, 0.3) is 0 Å². The molecule has 0 aromatic carbocycles. The molecule has 0 amide bonds. The van der Waals surface area contributed by atoms with E-state index in [1.807, 2.05) is 6.92 Å². The molecule has 0 bridgehead atoms. The van der Waals surface area contributed by atoms with Crippen LogP contribution in [0.2, 0.25) is 0 Å². The van der Waals surface area contributed by atoms with E-state index in [1.54, 1.807) is 0 Å². The van der Waals surface area contributed by atoms with Crippen LogP contribution in [-0.4, -0.2) is 18.0 Å². The van der Waals surface area contributed by atoms with Crippen LogP contribution in [0.3, 0.4) is 0 Å². The van der Waals surface area contributed by atoms with Crippen LogP contribution >= 0.6 is 0 Å². The molecule has 0 aliphatic rings. The number of rotatable bonds is 4. The van der Waals surface area contributed by atoms with Crippen LogP contribution in [0.15, 0.2) is 4.99 Å². The molecule has 0 spiro atoms. The summed E-state index contributed by atoms with van der Waals surface area (Å²) in [6.45, 7) is 9.17. The average molecular weight is 186 g/mol. The van der Waals surface area contributed by atoms with Gasteiger partial charge in [-0.3, -0.25) is 10.4 Å². The van der Waals surface area contributed by atoms with Crippen LogP contribution < -0.4 is 16.6 Å². The third-order valence-electron chi connectivity index (χ3n) is 2.43. The molecule has 0 aromatic heterocycles. The molecule has 0 radical (unpaired) electrons. The molecule has 0 saturated carbocycles. The fraction of sp³-hybridized carbons (Fsp3) is 0.889. The maximum Gasteiger partial charge on any atom is 0.206 e. The molecule has 4 N–H and O–H groups in total. The topological polar surface area (TPSA) is 62.4 Å². The quantitative estimate of drug-likeness (QED) is 0.265. The SMILES string of the molecule is CCN=C(NN)NC(C)(CC)CC. The highest BCUT2D eigenvalue weighted by molar-refractivity contribution is 5.79. The summed E-state index contributed by atoms with van der Waals surface area (Å²) in [5.74, 6) is 6.01. The third kappa shape index (κ3) is 4.12. The van der Waals surface area contributed by atoms with E-state index < -0.39 is 0 Å². The van der Waals surface area contributed by atoms with Gasteiger partial charge in [0.25, 0.3) is 0 Å². The van der Waals surface area contributed by atoms with Gasteiger partial charge < -0.3 is 5.32 Å². The summed E-state index contributed by atoms with van der Waals surface area (Å²) in [6.07, 6.45) is 2.10. The second-order valence-corrected chi connectivity index (χ2v) is 3.36. The average Bonchev–Trinajstić information content (AvgIpc) is 2.17.